The van der Waals surface area contributed by atoms with E-state index in [-0.39, 0.29) is 24.9 Å². The second-order valence-corrected chi connectivity index (χ2v) is 12.4. The Morgan fingerprint density at radius 3 is 2.47 bits per heavy atom. The monoisotopic (exact) mass is 687 g/mol. The highest BCUT2D eigenvalue weighted by Crippen LogP contribution is 2.38. The number of hydrogen-bond acceptors (Lipinski definition) is 7. The molecule has 7 rings (SSSR count). The highest BCUT2D eigenvalue weighted by Gasteiger charge is 2.44. The molecule has 3 aromatic carbocycles. The summed E-state index contributed by atoms with van der Waals surface area (Å²) in [6.45, 7) is 3.68. The first-order valence-electron chi connectivity index (χ1n) is 16.3. The molecule has 0 radical (unpaired) electrons. The van der Waals surface area contributed by atoms with E-state index in [1.165, 1.54) is 17.0 Å². The molecule has 0 spiro atoms. The van der Waals surface area contributed by atoms with Gasteiger partial charge in [0.15, 0.2) is 17.2 Å². The summed E-state index contributed by atoms with van der Waals surface area (Å²) < 4.78 is 30.0. The van der Waals surface area contributed by atoms with Crippen molar-refractivity contribution in [2.45, 2.75) is 26.5 Å². The third kappa shape index (κ3) is 6.86. The minimum Gasteiger partial charge on any atom is -0.485 e. The normalized spacial score (nSPS) is 14.7. The van der Waals surface area contributed by atoms with E-state index >= 15 is 0 Å². The number of aryl methyl sites for hydroxylation is 1. The van der Waals surface area contributed by atoms with Gasteiger partial charge in [-0.25, -0.2) is 23.6 Å². The number of imidazole rings is 1. The maximum absolute atomic E-state index is 13.8. The third-order valence-electron chi connectivity index (χ3n) is 8.50. The van der Waals surface area contributed by atoms with Crippen LogP contribution in [-0.4, -0.2) is 54.5 Å². The number of pyridine rings is 1. The molecule has 13 heteroatoms. The molecule has 1 unspecified atom stereocenters. The first-order valence-corrected chi connectivity index (χ1v) is 16.3. The molecule has 6 aromatic rings. The molecular weight excluding hydrogens is 653 g/mol. The van der Waals surface area contributed by atoms with Crippen molar-refractivity contribution in [3.05, 3.63) is 121 Å². The van der Waals surface area contributed by atoms with Gasteiger partial charge >= 0.3 is 6.03 Å². The molecule has 1 aliphatic rings. The maximum atomic E-state index is 13.8. The van der Waals surface area contributed by atoms with Gasteiger partial charge < -0.3 is 24.3 Å². The molecule has 258 valence electrons. The largest absolute Gasteiger partial charge is 0.485 e. The fourth-order valence-electron chi connectivity index (χ4n) is 5.83. The van der Waals surface area contributed by atoms with E-state index in [0.717, 1.165) is 33.9 Å². The van der Waals surface area contributed by atoms with Crippen molar-refractivity contribution < 1.29 is 28.2 Å². The Bertz CT molecular complexity index is 2230. The predicted molar refractivity (Wildman–Crippen MR) is 188 cm³/mol. The van der Waals surface area contributed by atoms with E-state index in [4.69, 9.17) is 9.47 Å². The number of urea groups is 1. The minimum atomic E-state index is -1.23. The van der Waals surface area contributed by atoms with Crippen molar-refractivity contribution in [3.8, 4) is 28.5 Å². The number of rotatable bonds is 10. The fraction of sp³-hybridized carbons (Fsp3) is 0.184. The molecule has 4 heterocycles. The molecule has 1 fully saturated rings. The van der Waals surface area contributed by atoms with Crippen LogP contribution in [0.4, 0.5) is 20.6 Å². The lowest BCUT2D eigenvalue weighted by atomic mass is 10.0. The summed E-state index contributed by atoms with van der Waals surface area (Å²) in [4.78, 5) is 47.7. The molecule has 51 heavy (non-hydrogen) atoms. The van der Waals surface area contributed by atoms with Gasteiger partial charge in [-0.3, -0.25) is 9.59 Å². The molecule has 1 N–H and O–H groups in total. The van der Waals surface area contributed by atoms with Crippen molar-refractivity contribution in [2.24, 2.45) is 13.0 Å². The van der Waals surface area contributed by atoms with E-state index < -0.39 is 29.6 Å². The third-order valence-corrected chi connectivity index (χ3v) is 8.50. The van der Waals surface area contributed by atoms with Crippen molar-refractivity contribution >= 4 is 34.7 Å². The van der Waals surface area contributed by atoms with E-state index in [2.05, 4.69) is 15.4 Å². The van der Waals surface area contributed by atoms with Crippen molar-refractivity contribution in [1.82, 2.24) is 24.1 Å². The summed E-state index contributed by atoms with van der Waals surface area (Å²) in [6.07, 6.45) is 7.15. The quantitative estimate of drug-likeness (QED) is 0.160. The zero-order valence-corrected chi connectivity index (χ0v) is 28.1. The number of hydrogen-bond donors (Lipinski definition) is 1. The first kappa shape index (κ1) is 33.0. The summed E-state index contributed by atoms with van der Waals surface area (Å²) in [6, 6.07) is 22.4. The Hall–Kier alpha value is -6.50. The van der Waals surface area contributed by atoms with Crippen LogP contribution in [0, 0.1) is 11.7 Å². The maximum Gasteiger partial charge on any atom is 0.331 e. The van der Waals surface area contributed by atoms with E-state index in [1.807, 2.05) is 66.5 Å². The van der Waals surface area contributed by atoms with Crippen LogP contribution in [0.25, 0.3) is 16.8 Å². The number of aromatic nitrogens is 4. The van der Waals surface area contributed by atoms with Crippen LogP contribution in [0.3, 0.4) is 0 Å². The van der Waals surface area contributed by atoms with E-state index in [0.29, 0.717) is 28.5 Å². The summed E-state index contributed by atoms with van der Waals surface area (Å²) in [5.74, 6) is -1.86. The summed E-state index contributed by atoms with van der Waals surface area (Å²) >= 11 is 0. The van der Waals surface area contributed by atoms with Crippen LogP contribution in [-0.2, 0) is 23.2 Å². The SMILES string of the molecule is CC(C)N1CC(C(=O)Nc2ccc(Oc3cc(-c4cn(C)cn4)cn4nccc34)c(OCc3ccccc3)c2)C(=O)N(c2ccc(F)cc2)C1=O. The number of carbonyl (C=O) groups excluding carboxylic acids is 3. The van der Waals surface area contributed by atoms with Gasteiger partial charge in [0.1, 0.15) is 23.9 Å². The summed E-state index contributed by atoms with van der Waals surface area (Å²) in [5, 5.41) is 7.25. The summed E-state index contributed by atoms with van der Waals surface area (Å²) in [5.41, 5.74) is 3.69. The van der Waals surface area contributed by atoms with Crippen molar-refractivity contribution in [3.63, 3.8) is 0 Å². The van der Waals surface area contributed by atoms with Gasteiger partial charge in [-0.2, -0.15) is 5.10 Å². The lowest BCUT2D eigenvalue weighted by molar-refractivity contribution is -0.132. The Labute approximate surface area is 292 Å². The van der Waals surface area contributed by atoms with Gasteiger partial charge in [-0.15, -0.1) is 0 Å². The molecule has 0 aliphatic carbocycles. The topological polar surface area (TPSA) is 123 Å². The average Bonchev–Trinajstić information content (AvgIpc) is 3.78. The highest BCUT2D eigenvalue weighted by atomic mass is 19.1. The predicted octanol–water partition coefficient (Wildman–Crippen LogP) is 6.68. The van der Waals surface area contributed by atoms with Crippen LogP contribution in [0.15, 0.2) is 110 Å². The second-order valence-electron chi connectivity index (χ2n) is 12.4. The fourth-order valence-corrected chi connectivity index (χ4v) is 5.83. The van der Waals surface area contributed by atoms with Gasteiger partial charge in [0, 0.05) is 49.3 Å². The highest BCUT2D eigenvalue weighted by molar-refractivity contribution is 6.23. The summed E-state index contributed by atoms with van der Waals surface area (Å²) in [7, 11) is 1.89. The second kappa shape index (κ2) is 13.8. The molecule has 1 saturated heterocycles. The van der Waals surface area contributed by atoms with Gasteiger partial charge in [0.05, 0.1) is 23.9 Å². The number of anilines is 2. The number of carbonyl (C=O) groups is 3. The number of halogens is 1. The smallest absolute Gasteiger partial charge is 0.331 e. The Kier molecular flexibility index (Phi) is 8.92. The molecule has 4 amide bonds. The zero-order chi connectivity index (χ0) is 35.6. The van der Waals surface area contributed by atoms with E-state index in [1.54, 1.807) is 49.1 Å². The molecule has 0 bridgehead atoms. The van der Waals surface area contributed by atoms with Gasteiger partial charge in [-0.1, -0.05) is 30.3 Å². The van der Waals surface area contributed by atoms with Crippen LogP contribution in [0.5, 0.6) is 17.2 Å². The molecule has 1 atom stereocenters. The number of nitrogens with one attached hydrogen (secondary N) is 1. The van der Waals surface area contributed by atoms with Crippen molar-refractivity contribution in [1.29, 1.82) is 0 Å². The number of nitrogens with zero attached hydrogens (tertiary/aromatic N) is 6. The van der Waals surface area contributed by atoms with Gasteiger partial charge in [0.25, 0.3) is 0 Å². The van der Waals surface area contributed by atoms with Gasteiger partial charge in [-0.05, 0) is 67.9 Å². The Morgan fingerprint density at radius 2 is 1.75 bits per heavy atom. The molecule has 0 saturated carbocycles. The standard InChI is InChI=1S/C38H34FN7O5/c1-24(2)44-20-30(37(48)46(38(44)49)29-12-9-27(39)10-13-29)36(47)42-28-11-14-33(35(18-28)50-22-25-7-5-4-6-8-25)51-34-17-26(31-21-43(3)23-40-31)19-45-32(34)15-16-41-45/h4-19,21,23-24,30H,20,22H2,1-3H3,(H,42,47). The van der Waals surface area contributed by atoms with Crippen LogP contribution >= 0.6 is 0 Å². The van der Waals surface area contributed by atoms with E-state index in [9.17, 15) is 18.8 Å². The van der Waals surface area contributed by atoms with Crippen LogP contribution in [0.2, 0.25) is 0 Å². The van der Waals surface area contributed by atoms with Gasteiger partial charge in [0.2, 0.25) is 11.8 Å². The first-order chi connectivity index (χ1) is 24.6. The average molecular weight is 688 g/mol. The Morgan fingerprint density at radius 1 is 0.961 bits per heavy atom. The number of ether oxygens (including phenoxy) is 2. The molecule has 12 nitrogen and oxygen atoms in total. The lowest BCUT2D eigenvalue weighted by Crippen LogP contribution is -2.61. The van der Waals surface area contributed by atoms with Crippen molar-refractivity contribution in [2.75, 3.05) is 16.8 Å². The number of fused-ring (bicyclic) bond motifs is 1. The molecular formula is C38H34FN7O5. The van der Waals surface area contributed by atoms with Crippen LogP contribution in [0.1, 0.15) is 19.4 Å². The van der Waals surface area contributed by atoms with Crippen LogP contribution < -0.4 is 19.7 Å². The number of benzene rings is 3. The number of imide groups is 1. The zero-order valence-electron chi connectivity index (χ0n) is 28.1. The minimum absolute atomic E-state index is 0.120. The molecule has 1 aliphatic heterocycles. The molecule has 3 aromatic heterocycles. The Balaban J connectivity index is 1.19. The number of amides is 4. The lowest BCUT2D eigenvalue weighted by Gasteiger charge is -2.39.